The van der Waals surface area contributed by atoms with Crippen molar-refractivity contribution in [3.05, 3.63) is 59.2 Å². The van der Waals surface area contributed by atoms with Gasteiger partial charge in [0.15, 0.2) is 0 Å². The summed E-state index contributed by atoms with van der Waals surface area (Å²) in [6, 6.07) is 11.1. The molecule has 0 saturated carbocycles. The van der Waals surface area contributed by atoms with Gasteiger partial charge in [-0.2, -0.15) is 0 Å². The van der Waals surface area contributed by atoms with Crippen molar-refractivity contribution in [1.29, 1.82) is 0 Å². The van der Waals surface area contributed by atoms with Crippen LogP contribution in [0.5, 0.6) is 17.2 Å². The number of benzene rings is 2. The molecule has 1 saturated heterocycles. The molecule has 35 heavy (non-hydrogen) atoms. The molecule has 1 unspecified atom stereocenters. The number of ketones is 1. The number of aliphatic hydroxyl groups excluding tert-OH is 1. The number of ether oxygens (including phenoxy) is 4. The minimum Gasteiger partial charge on any atom is -0.507 e. The van der Waals surface area contributed by atoms with Crippen molar-refractivity contribution in [2.24, 2.45) is 5.92 Å². The van der Waals surface area contributed by atoms with E-state index in [2.05, 4.69) is 13.8 Å². The van der Waals surface area contributed by atoms with Crippen molar-refractivity contribution in [1.82, 2.24) is 4.90 Å². The summed E-state index contributed by atoms with van der Waals surface area (Å²) in [5.74, 6) is 0.330. The third-order valence-corrected chi connectivity index (χ3v) is 5.73. The van der Waals surface area contributed by atoms with Gasteiger partial charge in [0.25, 0.3) is 11.7 Å². The molecular weight excluding hydrogens is 450 g/mol. The zero-order valence-corrected chi connectivity index (χ0v) is 20.9. The topological polar surface area (TPSA) is 94.5 Å². The van der Waals surface area contributed by atoms with Gasteiger partial charge in [-0.05, 0) is 54.8 Å². The standard InChI is InChI=1S/C27H33NO7/c1-17(2)16-35-19-9-7-18(8-10-19)25(29)23-24(21-15-20(33-4)11-12-22(21)34-5)28(13-6-14-32-3)27(31)26(23)30/h7-12,15,17,24,29H,6,13-14,16H2,1-5H3/b25-23-. The van der Waals surface area contributed by atoms with E-state index in [1.54, 1.807) is 49.6 Å². The van der Waals surface area contributed by atoms with Crippen molar-refractivity contribution >= 4 is 17.4 Å². The number of likely N-dealkylation sites (tertiary alicyclic amines) is 1. The van der Waals surface area contributed by atoms with E-state index in [1.165, 1.54) is 19.1 Å². The zero-order chi connectivity index (χ0) is 25.5. The van der Waals surface area contributed by atoms with Gasteiger partial charge in [0.05, 0.1) is 32.4 Å². The average molecular weight is 484 g/mol. The Hall–Kier alpha value is -3.52. The summed E-state index contributed by atoms with van der Waals surface area (Å²) in [5.41, 5.74) is 0.945. The van der Waals surface area contributed by atoms with E-state index in [9.17, 15) is 14.7 Å². The molecule has 8 heteroatoms. The Labute approximate surface area is 206 Å². The highest BCUT2D eigenvalue weighted by molar-refractivity contribution is 6.46. The number of nitrogens with zero attached hydrogens (tertiary/aromatic N) is 1. The van der Waals surface area contributed by atoms with Gasteiger partial charge in [0, 0.05) is 31.4 Å². The van der Waals surface area contributed by atoms with Crippen LogP contribution >= 0.6 is 0 Å². The number of methoxy groups -OCH3 is 3. The second kappa shape index (κ2) is 11.8. The Balaban J connectivity index is 2.10. The molecule has 1 aliphatic heterocycles. The Morgan fingerprint density at radius 1 is 1.00 bits per heavy atom. The summed E-state index contributed by atoms with van der Waals surface area (Å²) in [6.07, 6.45) is 0.522. The van der Waals surface area contributed by atoms with Gasteiger partial charge in [-0.3, -0.25) is 9.59 Å². The number of amides is 1. The molecule has 1 atom stereocenters. The van der Waals surface area contributed by atoms with E-state index in [1.807, 2.05) is 0 Å². The number of carbonyl (C=O) groups excluding carboxylic acids is 2. The molecule has 0 spiro atoms. The molecule has 0 aliphatic carbocycles. The third-order valence-electron chi connectivity index (χ3n) is 5.73. The maximum absolute atomic E-state index is 13.2. The maximum atomic E-state index is 13.2. The van der Waals surface area contributed by atoms with Crippen LogP contribution < -0.4 is 14.2 Å². The van der Waals surface area contributed by atoms with Crippen molar-refractivity contribution in [2.45, 2.75) is 26.3 Å². The molecule has 1 aliphatic rings. The molecule has 0 aromatic heterocycles. The Kier molecular flexibility index (Phi) is 8.76. The first-order chi connectivity index (χ1) is 16.8. The van der Waals surface area contributed by atoms with E-state index in [0.29, 0.717) is 53.9 Å². The van der Waals surface area contributed by atoms with E-state index in [-0.39, 0.29) is 17.9 Å². The van der Waals surface area contributed by atoms with Gasteiger partial charge in [0.2, 0.25) is 0 Å². The van der Waals surface area contributed by atoms with Crippen LogP contribution in [-0.2, 0) is 14.3 Å². The van der Waals surface area contributed by atoms with Crippen LogP contribution in [-0.4, -0.2) is 62.8 Å². The summed E-state index contributed by atoms with van der Waals surface area (Å²) >= 11 is 0. The SMILES string of the molecule is COCCCN1C(=O)C(=O)/C(=C(\O)c2ccc(OCC(C)C)cc2)C1c1cc(OC)ccc1OC. The number of hydrogen-bond donors (Lipinski definition) is 1. The van der Waals surface area contributed by atoms with Crippen molar-refractivity contribution < 1.29 is 33.6 Å². The lowest BCUT2D eigenvalue weighted by Crippen LogP contribution is -2.31. The molecular formula is C27H33NO7. The molecule has 1 amide bonds. The first-order valence-corrected chi connectivity index (χ1v) is 11.5. The number of aliphatic hydroxyl groups is 1. The fourth-order valence-electron chi connectivity index (χ4n) is 3.99. The van der Waals surface area contributed by atoms with Crippen molar-refractivity contribution in [2.75, 3.05) is 41.1 Å². The van der Waals surface area contributed by atoms with E-state index in [4.69, 9.17) is 18.9 Å². The molecule has 1 fully saturated rings. The summed E-state index contributed by atoms with van der Waals surface area (Å²) < 4.78 is 21.8. The summed E-state index contributed by atoms with van der Waals surface area (Å²) in [6.45, 7) is 5.36. The monoisotopic (exact) mass is 483 g/mol. The quantitative estimate of drug-likeness (QED) is 0.222. The van der Waals surface area contributed by atoms with Gasteiger partial charge in [-0.15, -0.1) is 0 Å². The highest BCUT2D eigenvalue weighted by Gasteiger charge is 2.47. The summed E-state index contributed by atoms with van der Waals surface area (Å²) in [7, 11) is 4.62. The molecule has 188 valence electrons. The molecule has 2 aromatic carbocycles. The number of hydrogen-bond acceptors (Lipinski definition) is 7. The second-order valence-corrected chi connectivity index (χ2v) is 8.68. The highest BCUT2D eigenvalue weighted by Crippen LogP contribution is 2.44. The van der Waals surface area contributed by atoms with Gasteiger partial charge < -0.3 is 29.0 Å². The lowest BCUT2D eigenvalue weighted by molar-refractivity contribution is -0.140. The summed E-state index contributed by atoms with van der Waals surface area (Å²) in [4.78, 5) is 27.7. The zero-order valence-electron chi connectivity index (χ0n) is 20.9. The fourth-order valence-corrected chi connectivity index (χ4v) is 3.99. The van der Waals surface area contributed by atoms with Crippen LogP contribution in [0.1, 0.15) is 37.4 Å². The van der Waals surface area contributed by atoms with Crippen LogP contribution in [0.25, 0.3) is 5.76 Å². The minimum absolute atomic E-state index is 0.00480. The van der Waals surface area contributed by atoms with Gasteiger partial charge in [-0.1, -0.05) is 13.8 Å². The Bertz CT molecular complexity index is 1080. The predicted octanol–water partition coefficient (Wildman–Crippen LogP) is 4.20. The van der Waals surface area contributed by atoms with Crippen LogP contribution in [0, 0.1) is 5.92 Å². The first-order valence-electron chi connectivity index (χ1n) is 11.5. The lowest BCUT2D eigenvalue weighted by atomic mass is 9.94. The number of rotatable bonds is 11. The largest absolute Gasteiger partial charge is 0.507 e. The van der Waals surface area contributed by atoms with E-state index >= 15 is 0 Å². The maximum Gasteiger partial charge on any atom is 0.295 e. The Morgan fingerprint density at radius 3 is 2.29 bits per heavy atom. The van der Waals surface area contributed by atoms with Crippen molar-refractivity contribution in [3.63, 3.8) is 0 Å². The number of carbonyl (C=O) groups is 2. The molecule has 1 heterocycles. The predicted molar refractivity (Wildman–Crippen MR) is 132 cm³/mol. The van der Waals surface area contributed by atoms with Crippen LogP contribution in [0.2, 0.25) is 0 Å². The molecule has 3 rings (SSSR count). The number of Topliss-reactive ketones (excluding diaryl/α,β-unsaturated/α-hetero) is 1. The molecule has 2 aromatic rings. The van der Waals surface area contributed by atoms with E-state index < -0.39 is 17.7 Å². The van der Waals surface area contributed by atoms with Gasteiger partial charge in [0.1, 0.15) is 23.0 Å². The lowest BCUT2D eigenvalue weighted by Gasteiger charge is -2.27. The molecule has 8 nitrogen and oxygen atoms in total. The average Bonchev–Trinajstić information content (AvgIpc) is 3.12. The van der Waals surface area contributed by atoms with Gasteiger partial charge in [-0.25, -0.2) is 0 Å². The fraction of sp³-hybridized carbons (Fsp3) is 0.407. The Morgan fingerprint density at radius 2 is 1.69 bits per heavy atom. The molecule has 1 N–H and O–H groups in total. The van der Waals surface area contributed by atoms with Gasteiger partial charge >= 0.3 is 0 Å². The van der Waals surface area contributed by atoms with Crippen LogP contribution in [0.3, 0.4) is 0 Å². The first kappa shape index (κ1) is 26.1. The van der Waals surface area contributed by atoms with Crippen LogP contribution in [0.15, 0.2) is 48.0 Å². The minimum atomic E-state index is -0.853. The molecule has 0 radical (unpaired) electrons. The third kappa shape index (κ3) is 5.77. The van der Waals surface area contributed by atoms with Crippen molar-refractivity contribution in [3.8, 4) is 17.2 Å². The second-order valence-electron chi connectivity index (χ2n) is 8.68. The van der Waals surface area contributed by atoms with Crippen LogP contribution in [0.4, 0.5) is 0 Å². The van der Waals surface area contributed by atoms with E-state index in [0.717, 1.165) is 0 Å². The molecule has 0 bridgehead atoms. The normalized spacial score (nSPS) is 17.2. The summed E-state index contributed by atoms with van der Waals surface area (Å²) in [5, 5.41) is 11.3. The highest BCUT2D eigenvalue weighted by atomic mass is 16.5. The smallest absolute Gasteiger partial charge is 0.295 e.